The molecule has 0 saturated carbocycles. The summed E-state index contributed by atoms with van der Waals surface area (Å²) in [6.07, 6.45) is -2.14. The van der Waals surface area contributed by atoms with E-state index in [4.69, 9.17) is 4.74 Å². The van der Waals surface area contributed by atoms with E-state index in [9.17, 15) is 21.6 Å². The van der Waals surface area contributed by atoms with Crippen molar-refractivity contribution in [1.82, 2.24) is 14.3 Å². The smallest absolute Gasteiger partial charge is 0.406 e. The first-order valence-corrected chi connectivity index (χ1v) is 9.44. The van der Waals surface area contributed by atoms with E-state index < -0.39 is 22.4 Å². The summed E-state index contributed by atoms with van der Waals surface area (Å²) in [6, 6.07) is 4.69. The number of alkyl halides is 3. The van der Waals surface area contributed by atoms with Gasteiger partial charge in [0, 0.05) is 6.54 Å². The molecular weight excluding hydrogens is 375 g/mol. The Balaban J connectivity index is 1.81. The molecule has 1 saturated heterocycles. The number of rotatable bonds is 4. The van der Waals surface area contributed by atoms with Crippen molar-refractivity contribution in [2.45, 2.75) is 12.4 Å². The number of aromatic nitrogens is 2. The zero-order chi connectivity index (χ0) is 18.9. The van der Waals surface area contributed by atoms with E-state index in [-0.39, 0.29) is 18.9 Å². The van der Waals surface area contributed by atoms with Crippen LogP contribution < -0.4 is 4.74 Å². The molecule has 142 valence electrons. The number of hydrogen-bond donors (Lipinski definition) is 1. The Morgan fingerprint density at radius 3 is 2.62 bits per heavy atom. The number of ether oxygens (including phenoxy) is 2. The lowest BCUT2D eigenvalue weighted by molar-refractivity contribution is -0.274. The molecule has 1 aliphatic rings. The molecule has 1 fully saturated rings. The van der Waals surface area contributed by atoms with Crippen LogP contribution in [0.1, 0.15) is 11.9 Å². The molecule has 1 aliphatic heterocycles. The summed E-state index contributed by atoms with van der Waals surface area (Å²) in [4.78, 5) is 7.22. The summed E-state index contributed by atoms with van der Waals surface area (Å²) < 4.78 is 70.9. The van der Waals surface area contributed by atoms with Crippen LogP contribution in [0.15, 0.2) is 30.5 Å². The van der Waals surface area contributed by atoms with E-state index in [1.54, 1.807) is 0 Å². The quantitative estimate of drug-likeness (QED) is 0.865. The third-order valence-electron chi connectivity index (χ3n) is 3.82. The number of imidazole rings is 1. The highest BCUT2D eigenvalue weighted by molar-refractivity contribution is 7.88. The van der Waals surface area contributed by atoms with E-state index in [0.717, 1.165) is 6.26 Å². The van der Waals surface area contributed by atoms with Crippen molar-refractivity contribution < 1.29 is 31.1 Å². The van der Waals surface area contributed by atoms with Gasteiger partial charge in [0.2, 0.25) is 10.0 Å². The molecule has 0 unspecified atom stereocenters. The molecule has 2 heterocycles. The molecule has 3 rings (SSSR count). The number of morpholine rings is 1. The predicted molar refractivity (Wildman–Crippen MR) is 85.8 cm³/mol. The number of benzene rings is 1. The molecule has 11 heteroatoms. The van der Waals surface area contributed by atoms with Crippen molar-refractivity contribution in [3.8, 4) is 17.0 Å². The SMILES string of the molecule is CS(=O)(=O)N1CCOC[C@H]1c1ncc(-c2ccc(OC(F)(F)F)cc2)[nH]1. The molecule has 1 aromatic carbocycles. The summed E-state index contributed by atoms with van der Waals surface area (Å²) in [5, 5.41) is 0. The Labute approximate surface area is 147 Å². The van der Waals surface area contributed by atoms with Crippen LogP contribution in [-0.4, -0.2) is 55.1 Å². The van der Waals surface area contributed by atoms with Crippen LogP contribution in [0.3, 0.4) is 0 Å². The standard InChI is InChI=1S/C15H16F3N3O4S/c1-26(22,23)21-6-7-24-9-13(21)14-19-8-12(20-14)10-2-4-11(5-3-10)25-15(16,17)18/h2-5,8,13H,6-7,9H2,1H3,(H,19,20)/t13-/m0/s1. The highest BCUT2D eigenvalue weighted by Crippen LogP contribution is 2.29. The highest BCUT2D eigenvalue weighted by Gasteiger charge is 2.33. The second kappa shape index (κ2) is 6.89. The average molecular weight is 391 g/mol. The van der Waals surface area contributed by atoms with Gasteiger partial charge in [-0.2, -0.15) is 4.31 Å². The molecule has 0 aliphatic carbocycles. The fourth-order valence-electron chi connectivity index (χ4n) is 2.69. The maximum Gasteiger partial charge on any atom is 0.573 e. The first kappa shape index (κ1) is 18.7. The lowest BCUT2D eigenvalue weighted by Crippen LogP contribution is -2.43. The molecule has 1 N–H and O–H groups in total. The summed E-state index contributed by atoms with van der Waals surface area (Å²) in [7, 11) is -3.43. The van der Waals surface area contributed by atoms with E-state index in [2.05, 4.69) is 14.7 Å². The van der Waals surface area contributed by atoms with Gasteiger partial charge in [0.25, 0.3) is 0 Å². The van der Waals surface area contributed by atoms with Gasteiger partial charge in [-0.25, -0.2) is 13.4 Å². The van der Waals surface area contributed by atoms with Crippen LogP contribution in [0.5, 0.6) is 5.75 Å². The van der Waals surface area contributed by atoms with Gasteiger partial charge >= 0.3 is 6.36 Å². The van der Waals surface area contributed by atoms with Gasteiger partial charge in [-0.15, -0.1) is 13.2 Å². The first-order chi connectivity index (χ1) is 12.1. The van der Waals surface area contributed by atoms with Gasteiger partial charge in [-0.05, 0) is 29.8 Å². The number of sulfonamides is 1. The van der Waals surface area contributed by atoms with Crippen LogP contribution >= 0.6 is 0 Å². The summed E-state index contributed by atoms with van der Waals surface area (Å²) in [6.45, 7) is 0.694. The first-order valence-electron chi connectivity index (χ1n) is 7.59. The molecular formula is C15H16F3N3O4S. The molecule has 7 nitrogen and oxygen atoms in total. The minimum Gasteiger partial charge on any atom is -0.406 e. The Morgan fingerprint density at radius 1 is 1.31 bits per heavy atom. The Hall–Kier alpha value is -2.11. The number of H-pyrrole nitrogens is 1. The maximum atomic E-state index is 12.2. The number of aromatic amines is 1. The normalized spacial score (nSPS) is 19.5. The van der Waals surface area contributed by atoms with Gasteiger partial charge in [-0.1, -0.05) is 0 Å². The zero-order valence-electron chi connectivity index (χ0n) is 13.7. The van der Waals surface area contributed by atoms with E-state index in [1.807, 2.05) is 0 Å². The molecule has 0 spiro atoms. The summed E-state index contributed by atoms with van der Waals surface area (Å²) >= 11 is 0. The van der Waals surface area contributed by atoms with Gasteiger partial charge in [0.1, 0.15) is 17.6 Å². The Morgan fingerprint density at radius 2 is 2.00 bits per heavy atom. The number of hydrogen-bond acceptors (Lipinski definition) is 5. The molecule has 2 aromatic rings. The third kappa shape index (κ3) is 4.34. The minimum absolute atomic E-state index is 0.165. The van der Waals surface area contributed by atoms with Crippen molar-refractivity contribution in [1.29, 1.82) is 0 Å². The minimum atomic E-state index is -4.75. The largest absolute Gasteiger partial charge is 0.573 e. The summed E-state index contributed by atoms with van der Waals surface area (Å²) in [5.74, 6) is 0.0747. The van der Waals surface area contributed by atoms with Gasteiger partial charge in [-0.3, -0.25) is 0 Å². The van der Waals surface area contributed by atoms with Crippen molar-refractivity contribution in [3.63, 3.8) is 0 Å². The molecule has 1 atom stereocenters. The van der Waals surface area contributed by atoms with Crippen molar-refractivity contribution in [2.24, 2.45) is 0 Å². The van der Waals surface area contributed by atoms with E-state index in [1.165, 1.54) is 34.8 Å². The average Bonchev–Trinajstić information content (AvgIpc) is 3.03. The fourth-order valence-corrected chi connectivity index (χ4v) is 3.72. The topological polar surface area (TPSA) is 84.5 Å². The number of nitrogens with zero attached hydrogens (tertiary/aromatic N) is 2. The number of nitrogens with one attached hydrogen (secondary N) is 1. The lowest BCUT2D eigenvalue weighted by Gasteiger charge is -2.32. The van der Waals surface area contributed by atoms with Crippen LogP contribution in [0, 0.1) is 0 Å². The monoisotopic (exact) mass is 391 g/mol. The molecule has 0 bridgehead atoms. The van der Waals surface area contributed by atoms with Gasteiger partial charge in [0.05, 0.1) is 31.4 Å². The summed E-state index contributed by atoms with van der Waals surface area (Å²) in [5.41, 5.74) is 1.12. The second-order valence-corrected chi connectivity index (χ2v) is 7.65. The van der Waals surface area contributed by atoms with Crippen molar-refractivity contribution >= 4 is 10.0 Å². The van der Waals surface area contributed by atoms with Gasteiger partial charge < -0.3 is 14.5 Å². The Bertz CT molecular complexity index is 865. The van der Waals surface area contributed by atoms with E-state index in [0.29, 0.717) is 23.7 Å². The van der Waals surface area contributed by atoms with Crippen LogP contribution in [-0.2, 0) is 14.8 Å². The predicted octanol–water partition coefficient (Wildman–Crippen LogP) is 2.31. The third-order valence-corrected chi connectivity index (χ3v) is 5.10. The Kier molecular flexibility index (Phi) is 4.95. The zero-order valence-corrected chi connectivity index (χ0v) is 14.5. The fraction of sp³-hybridized carbons (Fsp3) is 0.400. The van der Waals surface area contributed by atoms with Crippen molar-refractivity contribution in [2.75, 3.05) is 26.0 Å². The van der Waals surface area contributed by atoms with E-state index >= 15 is 0 Å². The maximum absolute atomic E-state index is 12.2. The van der Waals surface area contributed by atoms with Gasteiger partial charge in [0.15, 0.2) is 0 Å². The molecule has 0 radical (unpaired) electrons. The molecule has 1 aromatic heterocycles. The lowest BCUT2D eigenvalue weighted by atomic mass is 10.1. The van der Waals surface area contributed by atoms with Crippen molar-refractivity contribution in [3.05, 3.63) is 36.3 Å². The number of halogens is 3. The highest BCUT2D eigenvalue weighted by atomic mass is 32.2. The molecule has 0 amide bonds. The molecule has 26 heavy (non-hydrogen) atoms. The van der Waals surface area contributed by atoms with Crippen LogP contribution in [0.2, 0.25) is 0 Å². The van der Waals surface area contributed by atoms with Crippen LogP contribution in [0.25, 0.3) is 11.3 Å². The second-order valence-electron chi connectivity index (χ2n) is 5.72. The van der Waals surface area contributed by atoms with Crippen LogP contribution in [0.4, 0.5) is 13.2 Å².